The Morgan fingerprint density at radius 1 is 1.16 bits per heavy atom. The molecule has 0 saturated carbocycles. The molecule has 1 unspecified atom stereocenters. The zero-order chi connectivity index (χ0) is 18.2. The number of carbonyl (C=O) groups excluding carboxylic acids is 1. The van der Waals surface area contributed by atoms with Gasteiger partial charge in [-0.15, -0.1) is 0 Å². The molecule has 0 aliphatic carbocycles. The van der Waals surface area contributed by atoms with Crippen LogP contribution in [0.1, 0.15) is 12.5 Å². The Kier molecular flexibility index (Phi) is 4.75. The molecule has 0 radical (unpaired) electrons. The second-order valence-electron chi connectivity index (χ2n) is 6.08. The van der Waals surface area contributed by atoms with Crippen molar-refractivity contribution in [2.45, 2.75) is 19.4 Å². The fourth-order valence-corrected chi connectivity index (χ4v) is 4.48. The standard InChI is InChI=1S/C18H19ClN2O3S/c1-13(18(22)20-12-11-14-5-3-4-6-17(14)20)21(25(2,23)24)16-9-7-15(19)8-10-16/h3-10,13H,11-12H2,1-2H3. The molecule has 1 amide bonds. The van der Waals surface area contributed by atoms with Crippen LogP contribution in [0.3, 0.4) is 0 Å². The largest absolute Gasteiger partial charge is 0.310 e. The molecule has 3 rings (SSSR count). The molecular formula is C18H19ClN2O3S. The summed E-state index contributed by atoms with van der Waals surface area (Å²) in [5, 5.41) is 0.504. The molecule has 0 bridgehead atoms. The first kappa shape index (κ1) is 17.8. The lowest BCUT2D eigenvalue weighted by atomic mass is 10.2. The molecule has 0 fully saturated rings. The van der Waals surface area contributed by atoms with Gasteiger partial charge in [-0.25, -0.2) is 8.42 Å². The first-order valence-corrected chi connectivity index (χ1v) is 10.2. The first-order valence-electron chi connectivity index (χ1n) is 7.93. The van der Waals surface area contributed by atoms with E-state index in [2.05, 4.69) is 0 Å². The summed E-state index contributed by atoms with van der Waals surface area (Å²) in [5.74, 6) is -0.245. The first-order chi connectivity index (χ1) is 11.8. The molecule has 132 valence electrons. The van der Waals surface area contributed by atoms with Crippen molar-refractivity contribution in [1.29, 1.82) is 0 Å². The Balaban J connectivity index is 1.95. The maximum absolute atomic E-state index is 13.0. The molecule has 1 aliphatic rings. The van der Waals surface area contributed by atoms with E-state index in [1.807, 2.05) is 24.3 Å². The topological polar surface area (TPSA) is 57.7 Å². The van der Waals surface area contributed by atoms with Crippen LogP contribution < -0.4 is 9.21 Å². The van der Waals surface area contributed by atoms with Gasteiger partial charge in [-0.1, -0.05) is 29.8 Å². The average Bonchev–Trinajstić information content (AvgIpc) is 2.99. The van der Waals surface area contributed by atoms with Crippen LogP contribution in [-0.2, 0) is 21.2 Å². The highest BCUT2D eigenvalue weighted by Crippen LogP contribution is 2.30. The summed E-state index contributed by atoms with van der Waals surface area (Å²) in [6, 6.07) is 13.3. The predicted octanol–water partition coefficient (Wildman–Crippen LogP) is 3.08. The van der Waals surface area contributed by atoms with Gasteiger partial charge in [-0.2, -0.15) is 0 Å². The average molecular weight is 379 g/mol. The number of nitrogens with zero attached hydrogens (tertiary/aromatic N) is 2. The van der Waals surface area contributed by atoms with E-state index in [-0.39, 0.29) is 5.91 Å². The van der Waals surface area contributed by atoms with Crippen molar-refractivity contribution in [3.05, 3.63) is 59.1 Å². The summed E-state index contributed by atoms with van der Waals surface area (Å²) in [7, 11) is -3.64. The second-order valence-corrected chi connectivity index (χ2v) is 8.38. The summed E-state index contributed by atoms with van der Waals surface area (Å²) in [6.07, 6.45) is 1.87. The Labute approximate surface area is 152 Å². The third-order valence-electron chi connectivity index (χ3n) is 4.30. The zero-order valence-corrected chi connectivity index (χ0v) is 15.6. The minimum absolute atomic E-state index is 0.245. The molecule has 0 aromatic heterocycles. The number of anilines is 2. The van der Waals surface area contributed by atoms with Crippen LogP contribution in [0.2, 0.25) is 5.02 Å². The third-order valence-corrected chi connectivity index (χ3v) is 5.79. The molecule has 0 N–H and O–H groups in total. The lowest BCUT2D eigenvalue weighted by Crippen LogP contribution is -2.49. The lowest BCUT2D eigenvalue weighted by Gasteiger charge is -2.31. The number of para-hydroxylation sites is 1. The van der Waals surface area contributed by atoms with Crippen molar-refractivity contribution < 1.29 is 13.2 Å². The van der Waals surface area contributed by atoms with Gasteiger partial charge in [0.25, 0.3) is 5.91 Å². The number of benzene rings is 2. The maximum atomic E-state index is 13.0. The Hall–Kier alpha value is -2.05. The number of fused-ring (bicyclic) bond motifs is 1. The molecule has 0 spiro atoms. The normalized spacial score (nSPS) is 14.9. The number of amides is 1. The third kappa shape index (κ3) is 3.50. The maximum Gasteiger partial charge on any atom is 0.250 e. The van der Waals surface area contributed by atoms with E-state index in [1.54, 1.807) is 36.1 Å². The van der Waals surface area contributed by atoms with Gasteiger partial charge in [0.2, 0.25) is 10.0 Å². The van der Waals surface area contributed by atoms with Gasteiger partial charge in [-0.3, -0.25) is 9.10 Å². The van der Waals surface area contributed by atoms with Crippen molar-refractivity contribution in [3.63, 3.8) is 0 Å². The number of rotatable bonds is 4. The van der Waals surface area contributed by atoms with Crippen LogP contribution in [0.15, 0.2) is 48.5 Å². The highest BCUT2D eigenvalue weighted by molar-refractivity contribution is 7.92. The van der Waals surface area contributed by atoms with E-state index in [4.69, 9.17) is 11.6 Å². The summed E-state index contributed by atoms with van der Waals surface area (Å²) in [5.41, 5.74) is 2.37. The SMILES string of the molecule is CC(C(=O)N1CCc2ccccc21)N(c1ccc(Cl)cc1)S(C)(=O)=O. The van der Waals surface area contributed by atoms with E-state index >= 15 is 0 Å². The minimum atomic E-state index is -3.64. The van der Waals surface area contributed by atoms with Crippen LogP contribution in [0, 0.1) is 0 Å². The highest BCUT2D eigenvalue weighted by atomic mass is 35.5. The lowest BCUT2D eigenvalue weighted by molar-refractivity contribution is -0.119. The van der Waals surface area contributed by atoms with E-state index in [9.17, 15) is 13.2 Å². The summed E-state index contributed by atoms with van der Waals surface area (Å²) >= 11 is 5.89. The monoisotopic (exact) mass is 378 g/mol. The molecule has 2 aromatic rings. The van der Waals surface area contributed by atoms with E-state index in [0.717, 1.165) is 28.2 Å². The van der Waals surface area contributed by atoms with Gasteiger partial charge >= 0.3 is 0 Å². The van der Waals surface area contributed by atoms with Crippen molar-refractivity contribution in [1.82, 2.24) is 0 Å². The summed E-state index contributed by atoms with van der Waals surface area (Å²) in [4.78, 5) is 14.7. The molecule has 0 saturated heterocycles. The van der Waals surface area contributed by atoms with Crippen molar-refractivity contribution >= 4 is 38.9 Å². The van der Waals surface area contributed by atoms with Crippen LogP contribution in [0.5, 0.6) is 0 Å². The van der Waals surface area contributed by atoms with Crippen LogP contribution in [0.4, 0.5) is 11.4 Å². The van der Waals surface area contributed by atoms with Gasteiger partial charge in [0.05, 0.1) is 11.9 Å². The van der Waals surface area contributed by atoms with E-state index < -0.39 is 16.1 Å². The van der Waals surface area contributed by atoms with E-state index in [0.29, 0.717) is 17.3 Å². The van der Waals surface area contributed by atoms with Gasteiger partial charge < -0.3 is 4.90 Å². The zero-order valence-electron chi connectivity index (χ0n) is 14.0. The van der Waals surface area contributed by atoms with Crippen LogP contribution in [0.25, 0.3) is 0 Å². The molecule has 25 heavy (non-hydrogen) atoms. The molecule has 7 heteroatoms. The molecule has 1 atom stereocenters. The number of hydrogen-bond acceptors (Lipinski definition) is 3. The molecular weight excluding hydrogens is 360 g/mol. The van der Waals surface area contributed by atoms with E-state index in [1.165, 1.54) is 0 Å². The van der Waals surface area contributed by atoms with Crippen molar-refractivity contribution in [3.8, 4) is 0 Å². The summed E-state index contributed by atoms with van der Waals surface area (Å²) in [6.45, 7) is 2.17. The van der Waals surface area contributed by atoms with Gasteiger partial charge in [-0.05, 0) is 49.2 Å². The number of carbonyl (C=O) groups is 1. The Morgan fingerprint density at radius 3 is 2.44 bits per heavy atom. The molecule has 5 nitrogen and oxygen atoms in total. The fourth-order valence-electron chi connectivity index (χ4n) is 3.18. The fraction of sp³-hybridized carbons (Fsp3) is 0.278. The van der Waals surface area contributed by atoms with Crippen molar-refractivity contribution in [2.24, 2.45) is 0 Å². The predicted molar refractivity (Wildman–Crippen MR) is 101 cm³/mol. The van der Waals surface area contributed by atoms with Gasteiger partial charge in [0.15, 0.2) is 0 Å². The minimum Gasteiger partial charge on any atom is -0.310 e. The molecule has 2 aromatic carbocycles. The highest BCUT2D eigenvalue weighted by Gasteiger charge is 2.34. The number of halogens is 1. The quantitative estimate of drug-likeness (QED) is 0.821. The summed E-state index contributed by atoms with van der Waals surface area (Å²) < 4.78 is 25.8. The van der Waals surface area contributed by atoms with Crippen LogP contribution >= 0.6 is 11.6 Å². The Morgan fingerprint density at radius 2 is 1.80 bits per heavy atom. The number of hydrogen-bond donors (Lipinski definition) is 0. The second kappa shape index (κ2) is 6.69. The van der Waals surface area contributed by atoms with Gasteiger partial charge in [0.1, 0.15) is 6.04 Å². The van der Waals surface area contributed by atoms with Crippen LogP contribution in [-0.4, -0.2) is 33.2 Å². The Bertz CT molecular complexity index is 897. The smallest absolute Gasteiger partial charge is 0.250 e. The molecule has 1 aliphatic heterocycles. The number of sulfonamides is 1. The van der Waals surface area contributed by atoms with Gasteiger partial charge in [0, 0.05) is 17.3 Å². The molecule has 1 heterocycles. The van der Waals surface area contributed by atoms with Crippen molar-refractivity contribution in [2.75, 3.05) is 22.0 Å².